The molecule has 0 spiro atoms. The second-order valence-electron chi connectivity index (χ2n) is 17.4. The summed E-state index contributed by atoms with van der Waals surface area (Å²) in [4.78, 5) is 37.9. The van der Waals surface area contributed by atoms with Gasteiger partial charge in [-0.25, -0.2) is 0 Å². The number of hydrogen-bond acceptors (Lipinski definition) is 6. The third kappa shape index (κ3) is 49.7. The molecular weight excluding hydrogens is 781 g/mol. The van der Waals surface area contributed by atoms with Crippen LogP contribution in [-0.2, 0) is 28.6 Å². The second-order valence-corrected chi connectivity index (χ2v) is 17.4. The molecule has 0 saturated carbocycles. The molecule has 0 aliphatic heterocycles. The molecule has 0 aliphatic rings. The maximum atomic E-state index is 12.8. The molecule has 63 heavy (non-hydrogen) atoms. The number of esters is 3. The van der Waals surface area contributed by atoms with Crippen molar-refractivity contribution < 1.29 is 28.6 Å². The normalized spacial score (nSPS) is 12.6. The highest BCUT2D eigenvalue weighted by atomic mass is 16.6. The van der Waals surface area contributed by atoms with E-state index < -0.39 is 12.1 Å². The fraction of sp³-hybridized carbons (Fsp3) is 0.737. The van der Waals surface area contributed by atoms with Crippen molar-refractivity contribution in [3.8, 4) is 0 Å². The van der Waals surface area contributed by atoms with Crippen LogP contribution in [0.5, 0.6) is 0 Å². The third-order valence-corrected chi connectivity index (χ3v) is 11.2. The minimum Gasteiger partial charge on any atom is -0.462 e. The van der Waals surface area contributed by atoms with Gasteiger partial charge < -0.3 is 14.2 Å². The van der Waals surface area contributed by atoms with Gasteiger partial charge in [-0.05, 0) is 70.6 Å². The summed E-state index contributed by atoms with van der Waals surface area (Å²) in [6, 6.07) is 0. The lowest BCUT2D eigenvalue weighted by Crippen LogP contribution is -2.30. The standard InChI is InChI=1S/C57H98O6/c1-4-7-10-13-16-19-22-24-26-28-29-31-32-35-38-41-44-47-50-56(59)62-53-54(52-61-55(58)49-46-43-40-37-34-21-18-15-12-9-6-3)63-57(60)51-48-45-42-39-36-33-30-27-25-23-20-17-14-11-8-5-2/h8,11,15,17-18,20,25,27,33,36,42,45,54H,4-7,9-10,12-14,16,19,21-24,26,28-32,34-35,37-41,43-44,46-53H2,1-3H3/b11-8-,18-15-,20-17-,27-25-,36-33-,45-42-. The highest BCUT2D eigenvalue weighted by Crippen LogP contribution is 2.15. The highest BCUT2D eigenvalue weighted by molar-refractivity contribution is 5.71. The molecule has 0 aromatic heterocycles. The summed E-state index contributed by atoms with van der Waals surface area (Å²) in [6.45, 7) is 6.43. The molecule has 0 amide bonds. The van der Waals surface area contributed by atoms with Gasteiger partial charge in [0.2, 0.25) is 0 Å². The van der Waals surface area contributed by atoms with Crippen LogP contribution in [0.2, 0.25) is 0 Å². The van der Waals surface area contributed by atoms with E-state index in [0.29, 0.717) is 19.3 Å². The van der Waals surface area contributed by atoms with E-state index in [0.717, 1.165) is 83.5 Å². The molecule has 0 aromatic carbocycles. The van der Waals surface area contributed by atoms with Gasteiger partial charge in [0.05, 0.1) is 0 Å². The van der Waals surface area contributed by atoms with Crippen LogP contribution in [0.25, 0.3) is 0 Å². The zero-order valence-corrected chi connectivity index (χ0v) is 41.3. The Balaban J connectivity index is 4.43. The van der Waals surface area contributed by atoms with E-state index >= 15 is 0 Å². The summed E-state index contributed by atoms with van der Waals surface area (Å²) in [5.74, 6) is -0.996. The molecule has 0 heterocycles. The third-order valence-electron chi connectivity index (χ3n) is 11.2. The predicted molar refractivity (Wildman–Crippen MR) is 270 cm³/mol. The first-order valence-electron chi connectivity index (χ1n) is 26.4. The maximum absolute atomic E-state index is 12.8. The first kappa shape index (κ1) is 59.9. The Bertz CT molecular complexity index is 1190. The molecule has 6 heteroatoms. The lowest BCUT2D eigenvalue weighted by Gasteiger charge is -2.18. The fourth-order valence-corrected chi connectivity index (χ4v) is 7.24. The summed E-state index contributed by atoms with van der Waals surface area (Å²) in [5, 5.41) is 0. The van der Waals surface area contributed by atoms with Crippen molar-refractivity contribution in [2.45, 2.75) is 258 Å². The minimum absolute atomic E-state index is 0.106. The Hall–Kier alpha value is -3.15. The maximum Gasteiger partial charge on any atom is 0.306 e. The van der Waals surface area contributed by atoms with Crippen LogP contribution >= 0.6 is 0 Å². The van der Waals surface area contributed by atoms with Crippen LogP contribution in [0.1, 0.15) is 252 Å². The van der Waals surface area contributed by atoms with Gasteiger partial charge >= 0.3 is 17.9 Å². The van der Waals surface area contributed by atoms with E-state index in [1.54, 1.807) is 0 Å². The summed E-state index contributed by atoms with van der Waals surface area (Å²) >= 11 is 0. The molecule has 6 nitrogen and oxygen atoms in total. The lowest BCUT2D eigenvalue weighted by atomic mass is 10.0. The first-order valence-corrected chi connectivity index (χ1v) is 26.4. The Morgan fingerprint density at radius 2 is 0.667 bits per heavy atom. The molecule has 0 N–H and O–H groups in total. The van der Waals surface area contributed by atoms with Crippen molar-refractivity contribution in [3.63, 3.8) is 0 Å². The van der Waals surface area contributed by atoms with Gasteiger partial charge in [-0.1, -0.05) is 235 Å². The number of rotatable bonds is 47. The van der Waals surface area contributed by atoms with Crippen molar-refractivity contribution in [2.75, 3.05) is 13.2 Å². The summed E-state index contributed by atoms with van der Waals surface area (Å²) in [5.41, 5.74) is 0. The SMILES string of the molecule is CC/C=C\C/C=C\C/C=C\C/C=C\C/C=C\CCC(=O)OC(COC(=O)CCCCCCC/C=C\CCCC)COC(=O)CCCCCCCCCCCCCCCCCCCC. The van der Waals surface area contributed by atoms with Crippen LogP contribution in [0.4, 0.5) is 0 Å². The van der Waals surface area contributed by atoms with E-state index in [2.05, 4.69) is 81.5 Å². The second kappa shape index (κ2) is 51.5. The van der Waals surface area contributed by atoms with Crippen LogP contribution in [0.3, 0.4) is 0 Å². The molecule has 362 valence electrons. The van der Waals surface area contributed by atoms with Gasteiger partial charge in [0, 0.05) is 19.3 Å². The summed E-state index contributed by atoms with van der Waals surface area (Å²) in [7, 11) is 0. The van der Waals surface area contributed by atoms with Crippen LogP contribution in [0, 0.1) is 0 Å². The monoisotopic (exact) mass is 879 g/mol. The largest absolute Gasteiger partial charge is 0.462 e. The number of allylic oxidation sites excluding steroid dienone is 12. The van der Waals surface area contributed by atoms with Gasteiger partial charge in [0.15, 0.2) is 6.10 Å². The van der Waals surface area contributed by atoms with Crippen LogP contribution < -0.4 is 0 Å². The zero-order chi connectivity index (χ0) is 45.8. The molecule has 0 radical (unpaired) electrons. The molecule has 0 bridgehead atoms. The molecule has 1 unspecified atom stereocenters. The molecule has 1 atom stereocenters. The topological polar surface area (TPSA) is 78.9 Å². The molecule has 0 aromatic rings. The fourth-order valence-electron chi connectivity index (χ4n) is 7.24. The van der Waals surface area contributed by atoms with Gasteiger partial charge in [-0.15, -0.1) is 0 Å². The molecule has 0 aliphatic carbocycles. The van der Waals surface area contributed by atoms with Gasteiger partial charge in [-0.2, -0.15) is 0 Å². The molecule has 0 fully saturated rings. The quantitative estimate of drug-likeness (QED) is 0.0262. The van der Waals surface area contributed by atoms with E-state index in [9.17, 15) is 14.4 Å². The van der Waals surface area contributed by atoms with Gasteiger partial charge in [-0.3, -0.25) is 14.4 Å². The summed E-state index contributed by atoms with van der Waals surface area (Å²) < 4.78 is 16.7. The Morgan fingerprint density at radius 3 is 1.08 bits per heavy atom. The van der Waals surface area contributed by atoms with Crippen molar-refractivity contribution in [2.24, 2.45) is 0 Å². The summed E-state index contributed by atoms with van der Waals surface area (Å²) in [6.07, 6.45) is 64.8. The van der Waals surface area contributed by atoms with E-state index in [1.165, 1.54) is 122 Å². The van der Waals surface area contributed by atoms with Gasteiger partial charge in [0.25, 0.3) is 0 Å². The van der Waals surface area contributed by atoms with Crippen molar-refractivity contribution in [1.82, 2.24) is 0 Å². The molecule has 0 rings (SSSR count). The zero-order valence-electron chi connectivity index (χ0n) is 41.3. The number of carbonyl (C=O) groups is 3. The van der Waals surface area contributed by atoms with Crippen molar-refractivity contribution >= 4 is 17.9 Å². The van der Waals surface area contributed by atoms with Crippen LogP contribution in [-0.4, -0.2) is 37.2 Å². The number of hydrogen-bond donors (Lipinski definition) is 0. The average Bonchev–Trinajstić information content (AvgIpc) is 3.28. The van der Waals surface area contributed by atoms with E-state index in [-0.39, 0.29) is 31.6 Å². The Kier molecular flexibility index (Phi) is 48.9. The molecule has 0 saturated heterocycles. The van der Waals surface area contributed by atoms with Crippen molar-refractivity contribution in [1.29, 1.82) is 0 Å². The predicted octanol–water partition coefficient (Wildman–Crippen LogP) is 17.4. The Morgan fingerprint density at radius 1 is 0.333 bits per heavy atom. The molecular formula is C57H98O6. The number of carbonyl (C=O) groups excluding carboxylic acids is 3. The Labute approximate surface area is 389 Å². The lowest BCUT2D eigenvalue weighted by molar-refractivity contribution is -0.166. The van der Waals surface area contributed by atoms with Gasteiger partial charge in [0.1, 0.15) is 13.2 Å². The first-order chi connectivity index (χ1) is 31.0. The number of unbranched alkanes of at least 4 members (excludes halogenated alkanes) is 24. The average molecular weight is 879 g/mol. The number of ether oxygens (including phenoxy) is 3. The highest BCUT2D eigenvalue weighted by Gasteiger charge is 2.19. The van der Waals surface area contributed by atoms with Crippen molar-refractivity contribution in [3.05, 3.63) is 72.9 Å². The van der Waals surface area contributed by atoms with E-state index in [1.807, 2.05) is 12.2 Å². The van der Waals surface area contributed by atoms with Crippen LogP contribution in [0.15, 0.2) is 72.9 Å². The smallest absolute Gasteiger partial charge is 0.306 e. The minimum atomic E-state index is -0.815. The van der Waals surface area contributed by atoms with E-state index in [4.69, 9.17) is 14.2 Å².